The lowest BCUT2D eigenvalue weighted by Crippen LogP contribution is -2.35. The largest absolute Gasteiger partial charge is 0.356 e. The van der Waals surface area contributed by atoms with Crippen LogP contribution in [0.4, 0.5) is 8.87 Å². The highest BCUT2D eigenvalue weighted by molar-refractivity contribution is 5.76. The van der Waals surface area contributed by atoms with E-state index in [1.165, 1.54) is 13.1 Å². The van der Waals surface area contributed by atoms with Gasteiger partial charge in [0.05, 0.1) is 11.9 Å². The predicted molar refractivity (Wildman–Crippen MR) is 141 cm³/mol. The highest BCUT2D eigenvalue weighted by atomic mass is 19.2. The Labute approximate surface area is 211 Å². The van der Waals surface area contributed by atoms with Crippen LogP contribution in [0.15, 0.2) is 6.20 Å². The first-order chi connectivity index (χ1) is 16.5. The first kappa shape index (κ1) is 37.2. The van der Waals surface area contributed by atoms with Gasteiger partial charge in [0.1, 0.15) is 17.5 Å². The van der Waals surface area contributed by atoms with Crippen LogP contribution < -0.4 is 5.32 Å². The monoisotopic (exact) mass is 501 g/mol. The number of halogens is 2. The topological polar surface area (TPSA) is 105 Å². The number of amides is 1. The minimum atomic E-state index is -1.29. The number of hydrogen-bond donors (Lipinski definition) is 4. The van der Waals surface area contributed by atoms with Gasteiger partial charge in [-0.2, -0.15) is 0 Å². The van der Waals surface area contributed by atoms with E-state index in [9.17, 15) is 18.9 Å². The van der Waals surface area contributed by atoms with Gasteiger partial charge in [-0.3, -0.25) is 10.0 Å². The maximum atomic E-state index is 14.0. The number of aryl methyl sites for hydroxylation is 1. The molecule has 35 heavy (non-hydrogen) atoms. The zero-order chi connectivity index (χ0) is 28.0. The summed E-state index contributed by atoms with van der Waals surface area (Å²) in [7, 11) is 0. The third kappa shape index (κ3) is 18.7. The summed E-state index contributed by atoms with van der Waals surface area (Å²) in [5, 5.41) is 18.1. The van der Waals surface area contributed by atoms with E-state index < -0.39 is 11.7 Å². The fraction of sp³-hybridized carbons (Fsp3) is 0.731. The maximum Gasteiger partial charge on any atom is 0.219 e. The standard InChI is InChI=1S/C12H19F2N3O.C5H9NO.C3H7N.2C2H6.C2H2/c1-8-15-7-10(16-8)11(17(14)18)9-4-3-5-12(2,13)6-9;7-5-3-1-2-4-6-5;1-3(2)4;3*1-2/h7,9,11,18H,3-6H2,1-2H3,(H,15,16);1-4H2,(H,6,7);4H,1-2H3;2*1-2H3;1-2H. The summed E-state index contributed by atoms with van der Waals surface area (Å²) in [5.41, 5.74) is -0.133. The molecule has 1 aromatic rings. The Balaban J connectivity index is -0.000000498. The number of piperidine rings is 1. The van der Waals surface area contributed by atoms with Crippen LogP contribution in [0.1, 0.15) is 111 Å². The van der Waals surface area contributed by atoms with E-state index in [1.807, 2.05) is 27.7 Å². The SMILES string of the molecule is C#C.CC.CC.CC(C)=N.Cc1ncc(C(C2CCCC(C)(F)C2)N(O)F)[nH]1.O=C1CCCCN1. The minimum absolute atomic E-state index is 0.214. The molecule has 1 aliphatic heterocycles. The normalized spacial score (nSPS) is 21.2. The molecule has 1 saturated heterocycles. The number of alkyl halides is 1. The first-order valence-electron chi connectivity index (χ1n) is 12.5. The molecular weight excluding hydrogens is 452 g/mol. The molecular formula is C26H49F2N5O2. The van der Waals surface area contributed by atoms with Gasteiger partial charge in [-0.1, -0.05) is 27.7 Å². The first-order valence-corrected chi connectivity index (χ1v) is 12.5. The quantitative estimate of drug-likeness (QED) is 0.157. The zero-order valence-electron chi connectivity index (χ0n) is 23.0. The Hall–Kier alpha value is -2.31. The van der Waals surface area contributed by atoms with Crippen LogP contribution in [-0.4, -0.2) is 44.3 Å². The van der Waals surface area contributed by atoms with Crippen LogP contribution in [0.2, 0.25) is 0 Å². The van der Waals surface area contributed by atoms with E-state index in [0.717, 1.165) is 25.8 Å². The van der Waals surface area contributed by atoms with Crippen LogP contribution in [0.25, 0.3) is 0 Å². The summed E-state index contributed by atoms with van der Waals surface area (Å²) in [6.07, 6.45) is 14.6. The predicted octanol–water partition coefficient (Wildman–Crippen LogP) is 6.89. The van der Waals surface area contributed by atoms with Gasteiger partial charge in [0.2, 0.25) is 5.91 Å². The zero-order valence-corrected chi connectivity index (χ0v) is 23.0. The number of H-pyrrole nitrogens is 1. The number of imidazole rings is 1. The Bertz CT molecular complexity index is 678. The van der Waals surface area contributed by atoms with Crippen molar-refractivity contribution in [1.82, 2.24) is 20.6 Å². The summed E-state index contributed by atoms with van der Waals surface area (Å²) < 4.78 is 27.3. The van der Waals surface area contributed by atoms with Gasteiger partial charge in [-0.05, 0) is 77.4 Å². The average molecular weight is 502 g/mol. The molecule has 1 aromatic heterocycles. The van der Waals surface area contributed by atoms with Crippen molar-refractivity contribution in [2.24, 2.45) is 5.92 Å². The lowest BCUT2D eigenvalue weighted by molar-refractivity contribution is -0.282. The molecule has 0 radical (unpaired) electrons. The second-order valence-electron chi connectivity index (χ2n) is 8.23. The number of hydrogen-bond acceptors (Lipinski definition) is 5. The van der Waals surface area contributed by atoms with Crippen molar-refractivity contribution >= 4 is 11.6 Å². The molecule has 204 valence electrons. The second-order valence-corrected chi connectivity index (χ2v) is 8.23. The number of carbonyl (C=O) groups excluding carboxylic acids is 1. The number of aromatic nitrogens is 2. The molecule has 7 nitrogen and oxygen atoms in total. The van der Waals surface area contributed by atoms with Crippen molar-refractivity contribution in [3.63, 3.8) is 0 Å². The maximum absolute atomic E-state index is 14.0. The van der Waals surface area contributed by atoms with Crippen molar-refractivity contribution in [3.8, 4) is 12.8 Å². The molecule has 2 fully saturated rings. The Kier molecular flexibility index (Phi) is 23.6. The van der Waals surface area contributed by atoms with Crippen LogP contribution >= 0.6 is 0 Å². The van der Waals surface area contributed by atoms with Crippen LogP contribution in [0, 0.1) is 31.1 Å². The van der Waals surface area contributed by atoms with E-state index >= 15 is 0 Å². The van der Waals surface area contributed by atoms with Crippen molar-refractivity contribution < 1.29 is 18.9 Å². The molecule has 2 aliphatic rings. The fourth-order valence-corrected chi connectivity index (χ4v) is 3.61. The van der Waals surface area contributed by atoms with E-state index in [4.69, 9.17) is 5.41 Å². The van der Waals surface area contributed by atoms with Gasteiger partial charge in [-0.25, -0.2) is 9.37 Å². The Morgan fingerprint density at radius 3 is 2.11 bits per heavy atom. The lowest BCUT2D eigenvalue weighted by atomic mass is 9.76. The van der Waals surface area contributed by atoms with Crippen molar-refractivity contribution in [3.05, 3.63) is 17.7 Å². The van der Waals surface area contributed by atoms with E-state index in [0.29, 0.717) is 36.5 Å². The molecule has 4 N–H and O–H groups in total. The summed E-state index contributed by atoms with van der Waals surface area (Å²) in [6.45, 7) is 15.7. The number of rotatable bonds is 3. The Morgan fingerprint density at radius 1 is 1.26 bits per heavy atom. The highest BCUT2D eigenvalue weighted by Gasteiger charge is 2.39. The van der Waals surface area contributed by atoms with Crippen LogP contribution in [-0.2, 0) is 4.79 Å². The fourth-order valence-electron chi connectivity index (χ4n) is 3.61. The molecule has 3 atom stereocenters. The second kappa shape index (κ2) is 22.2. The Morgan fingerprint density at radius 2 is 1.80 bits per heavy atom. The summed E-state index contributed by atoms with van der Waals surface area (Å²) >= 11 is 0. The van der Waals surface area contributed by atoms with Gasteiger partial charge in [0.25, 0.3) is 0 Å². The molecule has 0 bridgehead atoms. The van der Waals surface area contributed by atoms with Gasteiger partial charge in [0.15, 0.2) is 0 Å². The molecule has 2 heterocycles. The number of hydroxylamine groups is 1. The molecule has 1 aliphatic carbocycles. The smallest absolute Gasteiger partial charge is 0.219 e. The third-order valence-corrected chi connectivity index (χ3v) is 4.83. The molecule has 1 amide bonds. The van der Waals surface area contributed by atoms with Crippen molar-refractivity contribution in [2.45, 2.75) is 112 Å². The van der Waals surface area contributed by atoms with E-state index in [1.54, 1.807) is 20.8 Å². The van der Waals surface area contributed by atoms with Crippen molar-refractivity contribution in [1.29, 1.82) is 5.41 Å². The lowest BCUT2D eigenvalue weighted by Gasteiger charge is -2.36. The van der Waals surface area contributed by atoms with Crippen molar-refractivity contribution in [2.75, 3.05) is 6.54 Å². The molecule has 9 heteroatoms. The summed E-state index contributed by atoms with van der Waals surface area (Å²) in [4.78, 5) is 17.3. The average Bonchev–Trinajstić information content (AvgIpc) is 3.23. The minimum Gasteiger partial charge on any atom is -0.356 e. The van der Waals surface area contributed by atoms with Crippen LogP contribution in [0.3, 0.4) is 0 Å². The van der Waals surface area contributed by atoms with Gasteiger partial charge >= 0.3 is 0 Å². The van der Waals surface area contributed by atoms with Gasteiger partial charge in [0, 0.05) is 18.7 Å². The molecule has 3 rings (SSSR count). The van der Waals surface area contributed by atoms with E-state index in [2.05, 4.69) is 28.1 Å². The van der Waals surface area contributed by atoms with Gasteiger partial charge in [-0.15, -0.1) is 17.3 Å². The molecule has 3 unspecified atom stereocenters. The summed E-state index contributed by atoms with van der Waals surface area (Å²) in [5.74, 6) is 0.602. The molecule has 0 spiro atoms. The third-order valence-electron chi connectivity index (χ3n) is 4.83. The summed E-state index contributed by atoms with van der Waals surface area (Å²) in [6, 6.07) is -0.874. The molecule has 0 aromatic carbocycles. The van der Waals surface area contributed by atoms with Gasteiger partial charge < -0.3 is 15.7 Å². The number of nitrogens with zero attached hydrogens (tertiary/aromatic N) is 2. The number of aromatic amines is 1. The number of nitrogens with one attached hydrogen (secondary N) is 3. The highest BCUT2D eigenvalue weighted by Crippen LogP contribution is 2.42. The molecule has 1 saturated carbocycles. The number of carbonyl (C=O) groups is 1. The number of terminal acetylenes is 1. The van der Waals surface area contributed by atoms with E-state index in [-0.39, 0.29) is 23.5 Å². The van der Waals surface area contributed by atoms with Crippen LogP contribution in [0.5, 0.6) is 0 Å².